The molecule has 1 heterocycles. The van der Waals surface area contributed by atoms with E-state index in [4.69, 9.17) is 0 Å². The largest absolute Gasteiger partial charge is 0.311 e. The smallest absolute Gasteiger partial charge is 0.265 e. The summed E-state index contributed by atoms with van der Waals surface area (Å²) in [6.07, 6.45) is 1.54. The molecule has 0 unspecified atom stereocenters. The molecular weight excluding hydrogens is 416 g/mol. The average molecular weight is 433 g/mol. The van der Waals surface area contributed by atoms with Gasteiger partial charge in [0.15, 0.2) is 0 Å². The molecule has 0 aliphatic carbocycles. The second-order valence-corrected chi connectivity index (χ2v) is 8.41. The SMILES string of the molecule is C=CCN(c1ccc2c(ccc(=O)n2C)c1)S(=O)(=O)c1ccccc1Br. The number of hydrogen-bond donors (Lipinski definition) is 0. The van der Waals surface area contributed by atoms with Crippen LogP contribution in [-0.4, -0.2) is 19.5 Å². The summed E-state index contributed by atoms with van der Waals surface area (Å²) in [7, 11) is -2.10. The van der Waals surface area contributed by atoms with Gasteiger partial charge in [-0.3, -0.25) is 9.10 Å². The Morgan fingerprint density at radius 2 is 1.88 bits per heavy atom. The van der Waals surface area contributed by atoms with Gasteiger partial charge in [-0.1, -0.05) is 18.2 Å². The Bertz CT molecular complexity index is 1150. The molecule has 0 N–H and O–H groups in total. The maximum absolute atomic E-state index is 13.2. The van der Waals surface area contributed by atoms with E-state index in [0.717, 1.165) is 10.9 Å². The Kier molecular flexibility index (Phi) is 5.02. The van der Waals surface area contributed by atoms with Crippen molar-refractivity contribution in [3.63, 3.8) is 0 Å². The van der Waals surface area contributed by atoms with Crippen LogP contribution in [0.3, 0.4) is 0 Å². The number of fused-ring (bicyclic) bond motifs is 1. The van der Waals surface area contributed by atoms with Crippen LogP contribution >= 0.6 is 15.9 Å². The van der Waals surface area contributed by atoms with Gasteiger partial charge in [0.25, 0.3) is 15.6 Å². The van der Waals surface area contributed by atoms with E-state index in [9.17, 15) is 13.2 Å². The number of hydrogen-bond acceptors (Lipinski definition) is 3. The summed E-state index contributed by atoms with van der Waals surface area (Å²) in [5, 5.41) is 0.779. The van der Waals surface area contributed by atoms with E-state index in [2.05, 4.69) is 22.5 Å². The highest BCUT2D eigenvalue weighted by Crippen LogP contribution is 2.30. The summed E-state index contributed by atoms with van der Waals surface area (Å²) >= 11 is 3.31. The topological polar surface area (TPSA) is 59.4 Å². The van der Waals surface area contributed by atoms with Gasteiger partial charge in [0, 0.05) is 23.0 Å². The predicted molar refractivity (Wildman–Crippen MR) is 108 cm³/mol. The van der Waals surface area contributed by atoms with Crippen molar-refractivity contribution in [1.29, 1.82) is 0 Å². The number of rotatable bonds is 5. The van der Waals surface area contributed by atoms with E-state index in [0.29, 0.717) is 10.2 Å². The molecule has 0 amide bonds. The average Bonchev–Trinajstić information content (AvgIpc) is 2.62. The van der Waals surface area contributed by atoms with Gasteiger partial charge in [-0.05, 0) is 52.3 Å². The Morgan fingerprint density at radius 1 is 1.15 bits per heavy atom. The van der Waals surface area contributed by atoms with Crippen molar-refractivity contribution in [1.82, 2.24) is 4.57 Å². The molecule has 0 fully saturated rings. The fourth-order valence-corrected chi connectivity index (χ4v) is 5.15. The van der Waals surface area contributed by atoms with Crippen LogP contribution < -0.4 is 9.86 Å². The summed E-state index contributed by atoms with van der Waals surface area (Å²) in [5.41, 5.74) is 1.12. The molecule has 0 spiro atoms. The summed E-state index contributed by atoms with van der Waals surface area (Å²) in [5.74, 6) is 0. The first kappa shape index (κ1) is 18.4. The third kappa shape index (κ3) is 3.20. The Labute approximate surface area is 160 Å². The molecule has 3 rings (SSSR count). The second-order valence-electron chi connectivity index (χ2n) is 5.73. The van der Waals surface area contributed by atoms with Crippen molar-refractivity contribution in [2.24, 2.45) is 7.05 Å². The van der Waals surface area contributed by atoms with Crippen LogP contribution in [0, 0.1) is 0 Å². The minimum atomic E-state index is -3.79. The standard InChI is InChI=1S/C19H17BrN2O3S/c1-3-12-22(26(24,25)18-7-5-4-6-16(18)20)15-9-10-17-14(13-15)8-11-19(23)21(17)2/h3-11,13H,1,12H2,2H3. The Balaban J connectivity index is 2.18. The van der Waals surface area contributed by atoms with Crippen LogP contribution in [0.1, 0.15) is 0 Å². The van der Waals surface area contributed by atoms with Crippen LogP contribution in [-0.2, 0) is 17.1 Å². The summed E-state index contributed by atoms with van der Waals surface area (Å²) in [6.45, 7) is 3.81. The summed E-state index contributed by atoms with van der Waals surface area (Å²) in [6, 6.07) is 15.0. The van der Waals surface area contributed by atoms with Gasteiger partial charge < -0.3 is 4.57 Å². The van der Waals surface area contributed by atoms with E-state index in [1.54, 1.807) is 61.7 Å². The lowest BCUT2D eigenvalue weighted by Crippen LogP contribution is -2.31. The van der Waals surface area contributed by atoms with Crippen LogP contribution in [0.5, 0.6) is 0 Å². The summed E-state index contributed by atoms with van der Waals surface area (Å²) < 4.78 is 29.7. The minimum absolute atomic E-state index is 0.117. The van der Waals surface area contributed by atoms with Gasteiger partial charge in [-0.2, -0.15) is 0 Å². The van der Waals surface area contributed by atoms with E-state index < -0.39 is 10.0 Å². The number of nitrogens with zero attached hydrogens (tertiary/aromatic N) is 2. The van der Waals surface area contributed by atoms with Gasteiger partial charge in [-0.15, -0.1) is 6.58 Å². The molecule has 1 aromatic heterocycles. The molecule has 7 heteroatoms. The van der Waals surface area contributed by atoms with Crippen molar-refractivity contribution in [3.8, 4) is 0 Å². The highest BCUT2D eigenvalue weighted by Gasteiger charge is 2.26. The Morgan fingerprint density at radius 3 is 2.58 bits per heavy atom. The molecule has 2 aromatic carbocycles. The molecule has 3 aromatic rings. The van der Waals surface area contributed by atoms with Crippen molar-refractivity contribution in [2.45, 2.75) is 4.90 Å². The highest BCUT2D eigenvalue weighted by atomic mass is 79.9. The van der Waals surface area contributed by atoms with Crippen LogP contribution in [0.4, 0.5) is 5.69 Å². The van der Waals surface area contributed by atoms with Gasteiger partial charge in [0.2, 0.25) is 0 Å². The van der Waals surface area contributed by atoms with E-state index >= 15 is 0 Å². The second kappa shape index (κ2) is 7.09. The van der Waals surface area contributed by atoms with E-state index in [1.165, 1.54) is 14.9 Å². The fourth-order valence-electron chi connectivity index (χ4n) is 2.76. The molecule has 0 atom stereocenters. The number of pyridine rings is 1. The zero-order valence-corrected chi connectivity index (χ0v) is 16.5. The first-order valence-corrected chi connectivity index (χ1v) is 10.1. The first-order valence-electron chi connectivity index (χ1n) is 7.84. The first-order chi connectivity index (χ1) is 12.4. The zero-order chi connectivity index (χ0) is 18.9. The van der Waals surface area contributed by atoms with E-state index in [1.807, 2.05) is 0 Å². The van der Waals surface area contributed by atoms with Crippen molar-refractivity contribution in [3.05, 3.63) is 82.1 Å². The fraction of sp³-hybridized carbons (Fsp3) is 0.105. The Hall–Kier alpha value is -2.38. The molecule has 134 valence electrons. The number of anilines is 1. The number of sulfonamides is 1. The number of halogens is 1. The molecule has 0 saturated heterocycles. The van der Waals surface area contributed by atoms with Crippen LogP contribution in [0.15, 0.2) is 81.4 Å². The molecule has 0 aliphatic heterocycles. The lowest BCUT2D eigenvalue weighted by molar-refractivity contribution is 0.592. The summed E-state index contributed by atoms with van der Waals surface area (Å²) in [4.78, 5) is 12.0. The van der Waals surface area contributed by atoms with E-state index in [-0.39, 0.29) is 17.0 Å². The molecular formula is C19H17BrN2O3S. The van der Waals surface area contributed by atoms with Crippen molar-refractivity contribution >= 4 is 42.5 Å². The predicted octanol–water partition coefficient (Wildman–Crippen LogP) is 3.68. The van der Waals surface area contributed by atoms with Crippen LogP contribution in [0.2, 0.25) is 0 Å². The normalized spacial score (nSPS) is 11.5. The molecule has 0 radical (unpaired) electrons. The quantitative estimate of drug-likeness (QED) is 0.577. The lowest BCUT2D eigenvalue weighted by atomic mass is 10.2. The monoisotopic (exact) mass is 432 g/mol. The zero-order valence-electron chi connectivity index (χ0n) is 14.1. The van der Waals surface area contributed by atoms with Gasteiger partial charge in [0.1, 0.15) is 4.90 Å². The molecule has 0 saturated carbocycles. The minimum Gasteiger partial charge on any atom is -0.311 e. The number of aryl methyl sites for hydroxylation is 1. The maximum Gasteiger partial charge on any atom is 0.265 e. The molecule has 0 aliphatic rings. The molecule has 26 heavy (non-hydrogen) atoms. The molecule has 0 bridgehead atoms. The third-order valence-electron chi connectivity index (χ3n) is 4.10. The maximum atomic E-state index is 13.2. The lowest BCUT2D eigenvalue weighted by Gasteiger charge is -2.24. The number of benzene rings is 2. The number of aromatic nitrogens is 1. The van der Waals surface area contributed by atoms with Gasteiger partial charge in [0.05, 0.1) is 17.7 Å². The van der Waals surface area contributed by atoms with Gasteiger partial charge in [-0.25, -0.2) is 8.42 Å². The third-order valence-corrected chi connectivity index (χ3v) is 6.90. The van der Waals surface area contributed by atoms with Crippen molar-refractivity contribution in [2.75, 3.05) is 10.8 Å². The highest BCUT2D eigenvalue weighted by molar-refractivity contribution is 9.10. The van der Waals surface area contributed by atoms with Crippen LogP contribution in [0.25, 0.3) is 10.9 Å². The van der Waals surface area contributed by atoms with Crippen molar-refractivity contribution < 1.29 is 8.42 Å². The van der Waals surface area contributed by atoms with Gasteiger partial charge >= 0.3 is 0 Å². The molecule has 5 nitrogen and oxygen atoms in total.